The Labute approximate surface area is 136 Å². The number of hydrogen-bond acceptors (Lipinski definition) is 5. The SMILES string of the molecule is CSCCCN1C(=O)CC[C@H]2CN(c3cnccn3)CC[C@H]21. The summed E-state index contributed by atoms with van der Waals surface area (Å²) in [6.45, 7) is 2.88. The summed E-state index contributed by atoms with van der Waals surface area (Å²) in [4.78, 5) is 25.4. The Morgan fingerprint density at radius 2 is 2.27 bits per heavy atom. The summed E-state index contributed by atoms with van der Waals surface area (Å²) in [5.41, 5.74) is 0. The lowest BCUT2D eigenvalue weighted by molar-refractivity contribution is -0.139. The number of nitrogens with zero attached hydrogens (tertiary/aromatic N) is 4. The highest BCUT2D eigenvalue weighted by Crippen LogP contribution is 2.32. The van der Waals surface area contributed by atoms with E-state index in [1.807, 2.05) is 18.0 Å². The van der Waals surface area contributed by atoms with E-state index in [0.29, 0.717) is 24.3 Å². The highest BCUT2D eigenvalue weighted by molar-refractivity contribution is 7.98. The monoisotopic (exact) mass is 320 g/mol. The number of piperidine rings is 2. The molecule has 6 heteroatoms. The number of thioether (sulfide) groups is 1. The van der Waals surface area contributed by atoms with Crippen LogP contribution in [0.5, 0.6) is 0 Å². The average Bonchev–Trinajstić information content (AvgIpc) is 2.57. The summed E-state index contributed by atoms with van der Waals surface area (Å²) >= 11 is 1.86. The predicted octanol–water partition coefficient (Wildman–Crippen LogP) is 2.05. The standard InChI is InChI=1S/C16H24N4OS/c1-22-10-2-8-20-14-5-9-19(15-11-17-6-7-18-15)12-13(14)3-4-16(20)21/h6-7,11,13-14H,2-5,8-10,12H2,1H3/t13-,14+/m0/s1. The molecule has 0 N–H and O–H groups in total. The second-order valence-electron chi connectivity index (χ2n) is 6.10. The molecular formula is C16H24N4OS. The molecule has 0 aromatic carbocycles. The van der Waals surface area contributed by atoms with Gasteiger partial charge in [-0.05, 0) is 37.2 Å². The molecule has 22 heavy (non-hydrogen) atoms. The van der Waals surface area contributed by atoms with E-state index in [4.69, 9.17) is 0 Å². The minimum Gasteiger partial charge on any atom is -0.355 e. The van der Waals surface area contributed by atoms with Gasteiger partial charge in [0.05, 0.1) is 6.20 Å². The Morgan fingerprint density at radius 1 is 1.36 bits per heavy atom. The van der Waals surface area contributed by atoms with E-state index in [0.717, 1.165) is 50.5 Å². The van der Waals surface area contributed by atoms with Gasteiger partial charge in [0.2, 0.25) is 5.91 Å². The predicted molar refractivity (Wildman–Crippen MR) is 90.1 cm³/mol. The number of anilines is 1. The van der Waals surface area contributed by atoms with Crippen LogP contribution in [0.2, 0.25) is 0 Å². The third kappa shape index (κ3) is 3.37. The first-order chi connectivity index (χ1) is 10.8. The van der Waals surface area contributed by atoms with Gasteiger partial charge in [0.1, 0.15) is 5.82 Å². The summed E-state index contributed by atoms with van der Waals surface area (Å²) in [6, 6.07) is 0.427. The van der Waals surface area contributed by atoms with Crippen LogP contribution in [0, 0.1) is 5.92 Å². The van der Waals surface area contributed by atoms with Crippen molar-refractivity contribution in [1.82, 2.24) is 14.9 Å². The zero-order chi connectivity index (χ0) is 15.4. The molecule has 0 saturated carbocycles. The van der Waals surface area contributed by atoms with Gasteiger partial charge in [-0.3, -0.25) is 9.78 Å². The van der Waals surface area contributed by atoms with Crippen LogP contribution in [0.1, 0.15) is 25.7 Å². The fourth-order valence-electron chi connectivity index (χ4n) is 3.68. The number of amides is 1. The third-order valence-corrected chi connectivity index (χ3v) is 5.46. The average molecular weight is 320 g/mol. The minimum atomic E-state index is 0.357. The molecule has 2 atom stereocenters. The maximum absolute atomic E-state index is 12.3. The van der Waals surface area contributed by atoms with E-state index >= 15 is 0 Å². The molecule has 1 amide bonds. The first-order valence-electron chi connectivity index (χ1n) is 8.09. The lowest BCUT2D eigenvalue weighted by Crippen LogP contribution is -2.56. The van der Waals surface area contributed by atoms with Crippen LogP contribution in [0.25, 0.3) is 0 Å². The summed E-state index contributed by atoms with van der Waals surface area (Å²) in [6.07, 6.45) is 11.3. The molecule has 0 aliphatic carbocycles. The van der Waals surface area contributed by atoms with Gasteiger partial charge in [-0.25, -0.2) is 4.98 Å². The Morgan fingerprint density at radius 3 is 3.05 bits per heavy atom. The van der Waals surface area contributed by atoms with Crippen molar-refractivity contribution in [3.05, 3.63) is 18.6 Å². The molecule has 3 heterocycles. The quantitative estimate of drug-likeness (QED) is 0.777. The highest BCUT2D eigenvalue weighted by atomic mass is 32.2. The molecule has 2 aliphatic heterocycles. The molecule has 2 fully saturated rings. The van der Waals surface area contributed by atoms with Crippen LogP contribution < -0.4 is 4.90 Å². The van der Waals surface area contributed by atoms with E-state index in [-0.39, 0.29) is 0 Å². The molecule has 3 rings (SSSR count). The van der Waals surface area contributed by atoms with E-state index in [2.05, 4.69) is 26.0 Å². The van der Waals surface area contributed by atoms with Crippen LogP contribution in [0.4, 0.5) is 5.82 Å². The van der Waals surface area contributed by atoms with Gasteiger partial charge in [0, 0.05) is 44.5 Å². The minimum absolute atomic E-state index is 0.357. The number of aromatic nitrogens is 2. The molecule has 0 bridgehead atoms. The Balaban J connectivity index is 1.64. The first-order valence-corrected chi connectivity index (χ1v) is 9.48. The second-order valence-corrected chi connectivity index (χ2v) is 7.08. The van der Waals surface area contributed by atoms with Gasteiger partial charge >= 0.3 is 0 Å². The summed E-state index contributed by atoms with van der Waals surface area (Å²) in [7, 11) is 0. The fourth-order valence-corrected chi connectivity index (χ4v) is 4.10. The molecule has 0 spiro atoms. The summed E-state index contributed by atoms with van der Waals surface area (Å²) in [5.74, 6) is 3.03. The molecule has 2 aliphatic rings. The molecule has 1 aromatic rings. The van der Waals surface area contributed by atoms with Crippen LogP contribution in [0.3, 0.4) is 0 Å². The topological polar surface area (TPSA) is 49.3 Å². The van der Waals surface area contributed by atoms with Crippen molar-refractivity contribution in [2.45, 2.75) is 31.7 Å². The van der Waals surface area contributed by atoms with Gasteiger partial charge in [-0.1, -0.05) is 0 Å². The van der Waals surface area contributed by atoms with Gasteiger partial charge in [0.25, 0.3) is 0 Å². The van der Waals surface area contributed by atoms with Crippen molar-refractivity contribution >= 4 is 23.5 Å². The number of hydrogen-bond donors (Lipinski definition) is 0. The lowest BCUT2D eigenvalue weighted by atomic mass is 9.83. The van der Waals surface area contributed by atoms with Gasteiger partial charge in [-0.2, -0.15) is 11.8 Å². The van der Waals surface area contributed by atoms with Crippen LogP contribution in [0.15, 0.2) is 18.6 Å². The smallest absolute Gasteiger partial charge is 0.222 e. The van der Waals surface area contributed by atoms with E-state index in [1.54, 1.807) is 12.4 Å². The van der Waals surface area contributed by atoms with E-state index in [9.17, 15) is 4.79 Å². The highest BCUT2D eigenvalue weighted by Gasteiger charge is 2.39. The van der Waals surface area contributed by atoms with Crippen LogP contribution >= 0.6 is 11.8 Å². The fraction of sp³-hybridized carbons (Fsp3) is 0.688. The van der Waals surface area contributed by atoms with Gasteiger partial charge < -0.3 is 9.80 Å². The van der Waals surface area contributed by atoms with Crippen molar-refractivity contribution < 1.29 is 4.79 Å². The van der Waals surface area contributed by atoms with E-state index < -0.39 is 0 Å². The first kappa shape index (κ1) is 15.6. The second kappa shape index (κ2) is 7.31. The zero-order valence-electron chi connectivity index (χ0n) is 13.1. The Bertz CT molecular complexity index is 498. The molecule has 2 saturated heterocycles. The Kier molecular flexibility index (Phi) is 5.18. The lowest BCUT2D eigenvalue weighted by Gasteiger charge is -2.47. The van der Waals surface area contributed by atoms with E-state index in [1.165, 1.54) is 0 Å². The maximum atomic E-state index is 12.3. The van der Waals surface area contributed by atoms with Crippen molar-refractivity contribution in [2.24, 2.45) is 5.92 Å². The molecule has 120 valence electrons. The van der Waals surface area contributed by atoms with Crippen LogP contribution in [-0.4, -0.2) is 58.5 Å². The maximum Gasteiger partial charge on any atom is 0.222 e. The molecule has 0 radical (unpaired) electrons. The van der Waals surface area contributed by atoms with Crippen LogP contribution in [-0.2, 0) is 4.79 Å². The molecule has 0 unspecified atom stereocenters. The van der Waals surface area contributed by atoms with Crippen molar-refractivity contribution in [3.8, 4) is 0 Å². The van der Waals surface area contributed by atoms with Crippen molar-refractivity contribution in [2.75, 3.05) is 36.5 Å². The summed E-state index contributed by atoms with van der Waals surface area (Å²) < 4.78 is 0. The third-order valence-electron chi connectivity index (χ3n) is 4.76. The number of carbonyl (C=O) groups is 1. The number of likely N-dealkylation sites (tertiary alicyclic amines) is 1. The number of rotatable bonds is 5. The Hall–Kier alpha value is -1.30. The molecule has 5 nitrogen and oxygen atoms in total. The van der Waals surface area contributed by atoms with Gasteiger partial charge in [0.15, 0.2) is 0 Å². The van der Waals surface area contributed by atoms with Crippen molar-refractivity contribution in [1.29, 1.82) is 0 Å². The zero-order valence-corrected chi connectivity index (χ0v) is 14.0. The molecule has 1 aromatic heterocycles. The normalized spacial score (nSPS) is 25.2. The van der Waals surface area contributed by atoms with Gasteiger partial charge in [-0.15, -0.1) is 0 Å². The van der Waals surface area contributed by atoms with Crippen molar-refractivity contribution in [3.63, 3.8) is 0 Å². The number of carbonyl (C=O) groups excluding carboxylic acids is 1. The summed E-state index contributed by atoms with van der Waals surface area (Å²) in [5, 5.41) is 0. The number of fused-ring (bicyclic) bond motifs is 1. The molecular weight excluding hydrogens is 296 g/mol. The largest absolute Gasteiger partial charge is 0.355 e.